The zero-order valence-electron chi connectivity index (χ0n) is 31.3. The highest BCUT2D eigenvalue weighted by Gasteiger charge is 2.27. The predicted octanol–water partition coefficient (Wildman–Crippen LogP) is 14.7. The Morgan fingerprint density at radius 3 is 1.70 bits per heavy atom. The molecule has 1 aliphatic carbocycles. The van der Waals surface area contributed by atoms with Crippen LogP contribution in [0.5, 0.6) is 0 Å². The number of benzene rings is 10. The Bertz CT molecular complexity index is 3250. The molecule has 0 amide bonds. The molecule has 57 heavy (non-hydrogen) atoms. The lowest BCUT2D eigenvalue weighted by Crippen LogP contribution is -2.12. The maximum atomic E-state index is 5.27. The second-order valence-electron chi connectivity index (χ2n) is 15.4. The van der Waals surface area contributed by atoms with Gasteiger partial charge in [0.15, 0.2) is 0 Å². The number of aliphatic imine (C=N–C) groups is 1. The summed E-state index contributed by atoms with van der Waals surface area (Å²) >= 11 is 0. The first-order valence-corrected chi connectivity index (χ1v) is 19.9. The summed E-state index contributed by atoms with van der Waals surface area (Å²) in [7, 11) is 0. The van der Waals surface area contributed by atoms with Gasteiger partial charge in [-0.25, -0.2) is 0 Å². The van der Waals surface area contributed by atoms with E-state index in [1.54, 1.807) is 0 Å². The lowest BCUT2D eigenvalue weighted by atomic mass is 9.90. The van der Waals surface area contributed by atoms with Gasteiger partial charge in [-0.2, -0.15) is 0 Å². The minimum absolute atomic E-state index is 0.831. The van der Waals surface area contributed by atoms with Crippen LogP contribution in [-0.4, -0.2) is 5.71 Å². The summed E-state index contributed by atoms with van der Waals surface area (Å²) in [6.07, 6.45) is 1.73. The fourth-order valence-electron chi connectivity index (χ4n) is 9.69. The van der Waals surface area contributed by atoms with Gasteiger partial charge in [0.1, 0.15) is 0 Å². The molecule has 0 radical (unpaired) electrons. The third-order valence-electron chi connectivity index (χ3n) is 12.3. The van der Waals surface area contributed by atoms with Gasteiger partial charge >= 0.3 is 0 Å². The quantitative estimate of drug-likeness (QED) is 0.161. The topological polar surface area (TPSA) is 15.6 Å². The molecule has 1 aliphatic heterocycles. The van der Waals surface area contributed by atoms with E-state index < -0.39 is 0 Å². The molecule has 0 aromatic heterocycles. The first kappa shape index (κ1) is 32.0. The summed E-state index contributed by atoms with van der Waals surface area (Å²) < 4.78 is 0. The molecule has 0 N–H and O–H groups in total. The number of para-hydroxylation sites is 1. The summed E-state index contributed by atoms with van der Waals surface area (Å²) in [4.78, 5) is 7.74. The van der Waals surface area contributed by atoms with E-state index in [0.717, 1.165) is 41.3 Å². The van der Waals surface area contributed by atoms with E-state index in [9.17, 15) is 0 Å². The minimum Gasteiger partial charge on any atom is -0.310 e. The van der Waals surface area contributed by atoms with Crippen molar-refractivity contribution in [2.24, 2.45) is 4.99 Å². The minimum atomic E-state index is 0.831. The van der Waals surface area contributed by atoms with E-state index in [1.165, 1.54) is 87.6 Å². The van der Waals surface area contributed by atoms with Gasteiger partial charge < -0.3 is 4.90 Å². The molecule has 0 unspecified atom stereocenters. The molecule has 2 nitrogen and oxygen atoms in total. The van der Waals surface area contributed by atoms with Crippen molar-refractivity contribution in [2.75, 3.05) is 4.90 Å². The summed E-state index contributed by atoms with van der Waals surface area (Å²) in [6, 6.07) is 71.4. The molecule has 2 heteroatoms. The summed E-state index contributed by atoms with van der Waals surface area (Å²) in [6.45, 7) is 0. The van der Waals surface area contributed by atoms with Gasteiger partial charge in [-0.05, 0) is 119 Å². The average molecular weight is 725 g/mol. The van der Waals surface area contributed by atoms with Crippen molar-refractivity contribution in [3.63, 3.8) is 0 Å². The van der Waals surface area contributed by atoms with Crippen molar-refractivity contribution < 1.29 is 0 Å². The smallest absolute Gasteiger partial charge is 0.0669 e. The Labute approximate surface area is 331 Å². The van der Waals surface area contributed by atoms with Crippen LogP contribution in [-0.2, 0) is 12.8 Å². The van der Waals surface area contributed by atoms with Crippen molar-refractivity contribution in [3.05, 3.63) is 216 Å². The summed E-state index contributed by atoms with van der Waals surface area (Å²) in [5.74, 6) is 0. The largest absolute Gasteiger partial charge is 0.310 e. The van der Waals surface area contributed by atoms with Gasteiger partial charge in [0.2, 0.25) is 0 Å². The zero-order chi connectivity index (χ0) is 37.5. The number of nitrogens with zero attached hydrogens (tertiary/aromatic N) is 2. The Morgan fingerprint density at radius 1 is 0.368 bits per heavy atom. The number of fused-ring (bicyclic) bond motifs is 12. The van der Waals surface area contributed by atoms with E-state index >= 15 is 0 Å². The van der Waals surface area contributed by atoms with Gasteiger partial charge in [0.25, 0.3) is 0 Å². The van der Waals surface area contributed by atoms with Crippen LogP contribution in [0.25, 0.3) is 65.3 Å². The monoisotopic (exact) mass is 724 g/mol. The Kier molecular flexibility index (Phi) is 7.09. The van der Waals surface area contributed by atoms with Gasteiger partial charge in [-0.1, -0.05) is 158 Å². The molecular weight excluding hydrogens is 689 g/mol. The van der Waals surface area contributed by atoms with E-state index in [0.29, 0.717) is 0 Å². The van der Waals surface area contributed by atoms with Crippen LogP contribution in [0.3, 0.4) is 0 Å². The lowest BCUT2D eigenvalue weighted by molar-refractivity contribution is 1.27. The van der Waals surface area contributed by atoms with Crippen LogP contribution in [0, 0.1) is 0 Å². The number of hydrogen-bond donors (Lipinski definition) is 0. The maximum Gasteiger partial charge on any atom is 0.0669 e. The second kappa shape index (κ2) is 12.6. The SMILES string of the molecule is c1ccc(-c2ccc(N(c3ccc4c5ccccc5c5ccccc5c4c3)c3ccc(C4=Nc5ccccc5C4)c4c5c(ccc34)-c3ccccc3C5)cc2)cc1. The molecule has 2 aliphatic rings. The summed E-state index contributed by atoms with van der Waals surface area (Å²) in [5.41, 5.74) is 16.0. The van der Waals surface area contributed by atoms with E-state index in [4.69, 9.17) is 4.99 Å². The highest BCUT2D eigenvalue weighted by atomic mass is 15.1. The van der Waals surface area contributed by atoms with Crippen molar-refractivity contribution >= 4 is 71.6 Å². The molecule has 1 heterocycles. The van der Waals surface area contributed by atoms with Crippen LogP contribution in [0.15, 0.2) is 199 Å². The molecule has 266 valence electrons. The van der Waals surface area contributed by atoms with Crippen LogP contribution in [0.4, 0.5) is 22.7 Å². The number of rotatable bonds is 5. The third kappa shape index (κ3) is 5.01. The predicted molar refractivity (Wildman–Crippen MR) is 241 cm³/mol. The first-order valence-electron chi connectivity index (χ1n) is 19.9. The van der Waals surface area contributed by atoms with Crippen LogP contribution in [0.2, 0.25) is 0 Å². The Balaban J connectivity index is 1.13. The standard InChI is InChI=1S/C55H36N2/c1-2-12-35(13-3-1)36-22-24-39(25-23-36)57(40-26-27-47-44-19-8-7-17-42(44)43-18-9-10-20-45(43)50(47)34-40)54-31-30-48(53-33-38-15-5-11-21-52(38)56-53)55-49(54)29-28-46-41-16-6-4-14-37(41)32-51(46)55/h1-31,34H,32-33H2. The molecule has 10 aromatic carbocycles. The Morgan fingerprint density at radius 2 is 0.947 bits per heavy atom. The number of hydrogen-bond acceptors (Lipinski definition) is 2. The highest BCUT2D eigenvalue weighted by molar-refractivity contribution is 6.26. The molecule has 12 rings (SSSR count). The van der Waals surface area contributed by atoms with Crippen LogP contribution in [0.1, 0.15) is 22.3 Å². The van der Waals surface area contributed by atoms with Gasteiger partial charge in [-0.15, -0.1) is 0 Å². The van der Waals surface area contributed by atoms with Crippen molar-refractivity contribution in [1.29, 1.82) is 0 Å². The van der Waals surface area contributed by atoms with Gasteiger partial charge in [0.05, 0.1) is 17.1 Å². The van der Waals surface area contributed by atoms with Crippen molar-refractivity contribution in [1.82, 2.24) is 0 Å². The Hall–Kier alpha value is -7.29. The zero-order valence-corrected chi connectivity index (χ0v) is 31.3. The van der Waals surface area contributed by atoms with E-state index in [-0.39, 0.29) is 0 Å². The van der Waals surface area contributed by atoms with Gasteiger partial charge in [0, 0.05) is 28.7 Å². The fourth-order valence-corrected chi connectivity index (χ4v) is 9.69. The average Bonchev–Trinajstić information content (AvgIpc) is 3.89. The second-order valence-corrected chi connectivity index (χ2v) is 15.4. The molecule has 0 atom stereocenters. The molecule has 0 saturated heterocycles. The molecule has 10 aromatic rings. The molecule has 0 spiro atoms. The lowest BCUT2D eigenvalue weighted by Gasteiger charge is -2.29. The number of anilines is 3. The first-order chi connectivity index (χ1) is 28.3. The van der Waals surface area contributed by atoms with Crippen molar-refractivity contribution in [2.45, 2.75) is 12.8 Å². The third-order valence-corrected chi connectivity index (χ3v) is 12.3. The molecular formula is C55H36N2. The van der Waals surface area contributed by atoms with Crippen LogP contribution < -0.4 is 4.90 Å². The summed E-state index contributed by atoms with van der Waals surface area (Å²) in [5, 5.41) is 10.2. The molecule has 0 bridgehead atoms. The molecule has 0 saturated carbocycles. The normalized spacial score (nSPS) is 12.9. The van der Waals surface area contributed by atoms with E-state index in [1.807, 2.05) is 0 Å². The van der Waals surface area contributed by atoms with Gasteiger partial charge in [-0.3, -0.25) is 4.99 Å². The van der Waals surface area contributed by atoms with Crippen LogP contribution >= 0.6 is 0 Å². The molecule has 0 fully saturated rings. The highest BCUT2D eigenvalue weighted by Crippen LogP contribution is 2.48. The van der Waals surface area contributed by atoms with Crippen molar-refractivity contribution in [3.8, 4) is 22.3 Å². The maximum absolute atomic E-state index is 5.27. The fraction of sp³-hybridized carbons (Fsp3) is 0.0364. The van der Waals surface area contributed by atoms with E-state index in [2.05, 4.69) is 199 Å².